The molecule has 158 valence electrons. The summed E-state index contributed by atoms with van der Waals surface area (Å²) in [7, 11) is 0. The summed E-state index contributed by atoms with van der Waals surface area (Å²) in [6.07, 6.45) is 9.20. The first-order chi connectivity index (χ1) is 14.7. The maximum Gasteiger partial charge on any atom is 0.253 e. The number of hydrogen-bond acceptors (Lipinski definition) is 5. The molecule has 1 aliphatic carbocycles. The number of likely N-dealkylation sites (tertiary alicyclic amines) is 1. The summed E-state index contributed by atoms with van der Waals surface area (Å²) in [6, 6.07) is 8.47. The van der Waals surface area contributed by atoms with E-state index in [1.54, 1.807) is 0 Å². The molecule has 0 radical (unpaired) electrons. The van der Waals surface area contributed by atoms with Gasteiger partial charge in [0.1, 0.15) is 6.04 Å². The van der Waals surface area contributed by atoms with Gasteiger partial charge in [-0.1, -0.05) is 32.3 Å². The number of aryl methyl sites for hydroxylation is 1. The van der Waals surface area contributed by atoms with Crippen molar-refractivity contribution in [1.82, 2.24) is 30.1 Å². The second kappa shape index (κ2) is 8.30. The number of benzene rings is 1. The zero-order valence-corrected chi connectivity index (χ0v) is 17.7. The molecular weight excluding hydrogens is 376 g/mol. The van der Waals surface area contributed by atoms with Gasteiger partial charge < -0.3 is 4.98 Å². The van der Waals surface area contributed by atoms with Crippen molar-refractivity contribution in [3.63, 3.8) is 0 Å². The molecule has 2 aliphatic rings. The van der Waals surface area contributed by atoms with E-state index in [4.69, 9.17) is 0 Å². The van der Waals surface area contributed by atoms with Crippen LogP contribution in [0.2, 0.25) is 0 Å². The van der Waals surface area contributed by atoms with Gasteiger partial charge in [0.25, 0.3) is 5.56 Å². The van der Waals surface area contributed by atoms with Crippen molar-refractivity contribution in [2.24, 2.45) is 0 Å². The molecule has 1 atom stereocenters. The molecule has 0 amide bonds. The van der Waals surface area contributed by atoms with Crippen LogP contribution in [0.25, 0.3) is 10.9 Å². The molecule has 2 aromatic heterocycles. The fourth-order valence-corrected chi connectivity index (χ4v) is 5.16. The van der Waals surface area contributed by atoms with Gasteiger partial charge in [0.15, 0.2) is 5.82 Å². The Morgan fingerprint density at radius 3 is 2.67 bits per heavy atom. The van der Waals surface area contributed by atoms with E-state index in [1.165, 1.54) is 24.8 Å². The standard InChI is InChI=1S/C23H30N6O/c1-2-16-10-11-20-17(14-16)15-19(23(30)24-20)21(28-12-6-7-13-28)22-25-26-27-29(22)18-8-4-3-5-9-18/h10-11,14-15,18,21H,2-9,12-13H2,1H3,(H,24,30)/t21-/m1/s1. The minimum atomic E-state index is -0.206. The average molecular weight is 407 g/mol. The fourth-order valence-electron chi connectivity index (χ4n) is 5.16. The Kier molecular flexibility index (Phi) is 5.37. The first kappa shape index (κ1) is 19.4. The van der Waals surface area contributed by atoms with Gasteiger partial charge in [-0.3, -0.25) is 9.69 Å². The molecule has 3 heterocycles. The van der Waals surface area contributed by atoms with Crippen LogP contribution in [0.15, 0.2) is 29.1 Å². The highest BCUT2D eigenvalue weighted by Gasteiger charge is 2.33. The lowest BCUT2D eigenvalue weighted by Crippen LogP contribution is -2.34. The van der Waals surface area contributed by atoms with Crippen LogP contribution >= 0.6 is 0 Å². The normalized spacial score (nSPS) is 19.5. The summed E-state index contributed by atoms with van der Waals surface area (Å²) in [4.78, 5) is 18.7. The van der Waals surface area contributed by atoms with Gasteiger partial charge in [-0.05, 0) is 84.8 Å². The molecule has 0 unspecified atom stereocenters. The minimum Gasteiger partial charge on any atom is -0.322 e. The zero-order chi connectivity index (χ0) is 20.5. The predicted octanol–water partition coefficient (Wildman–Crippen LogP) is 3.77. The van der Waals surface area contributed by atoms with Crippen molar-refractivity contribution < 1.29 is 0 Å². The van der Waals surface area contributed by atoms with Gasteiger partial charge in [0, 0.05) is 11.1 Å². The number of tetrazole rings is 1. The van der Waals surface area contributed by atoms with Crippen molar-refractivity contribution in [2.75, 3.05) is 13.1 Å². The first-order valence-electron chi connectivity index (χ1n) is 11.4. The first-order valence-corrected chi connectivity index (χ1v) is 11.4. The number of rotatable bonds is 5. The van der Waals surface area contributed by atoms with Crippen LogP contribution in [-0.2, 0) is 6.42 Å². The molecular formula is C23H30N6O. The van der Waals surface area contributed by atoms with Crippen LogP contribution in [-0.4, -0.2) is 43.2 Å². The van der Waals surface area contributed by atoms with Gasteiger partial charge >= 0.3 is 0 Å². The maximum atomic E-state index is 13.2. The molecule has 2 fully saturated rings. The second-order valence-corrected chi connectivity index (χ2v) is 8.75. The number of nitrogens with one attached hydrogen (secondary N) is 1. The van der Waals surface area contributed by atoms with E-state index >= 15 is 0 Å². The van der Waals surface area contributed by atoms with Crippen LogP contribution in [0.3, 0.4) is 0 Å². The van der Waals surface area contributed by atoms with E-state index in [-0.39, 0.29) is 11.6 Å². The largest absolute Gasteiger partial charge is 0.322 e. The summed E-state index contributed by atoms with van der Waals surface area (Å²) >= 11 is 0. The van der Waals surface area contributed by atoms with Crippen molar-refractivity contribution in [2.45, 2.75) is 70.4 Å². The van der Waals surface area contributed by atoms with Crippen molar-refractivity contribution >= 4 is 10.9 Å². The fraction of sp³-hybridized carbons (Fsp3) is 0.565. The van der Waals surface area contributed by atoms with Crippen LogP contribution < -0.4 is 5.56 Å². The van der Waals surface area contributed by atoms with Crippen LogP contribution in [0.1, 0.15) is 80.9 Å². The number of nitrogens with zero attached hydrogens (tertiary/aromatic N) is 5. The Bertz CT molecular complexity index is 1070. The highest BCUT2D eigenvalue weighted by molar-refractivity contribution is 5.80. The number of fused-ring (bicyclic) bond motifs is 1. The van der Waals surface area contributed by atoms with Gasteiger partial charge in [-0.2, -0.15) is 0 Å². The van der Waals surface area contributed by atoms with E-state index in [0.29, 0.717) is 6.04 Å². The lowest BCUT2D eigenvalue weighted by molar-refractivity contribution is 0.243. The third-order valence-corrected chi connectivity index (χ3v) is 6.83. The van der Waals surface area contributed by atoms with Crippen molar-refractivity contribution in [3.8, 4) is 0 Å². The van der Waals surface area contributed by atoms with Gasteiger partial charge in [-0.25, -0.2) is 4.68 Å². The maximum absolute atomic E-state index is 13.2. The highest BCUT2D eigenvalue weighted by atomic mass is 16.1. The van der Waals surface area contributed by atoms with Crippen LogP contribution in [0.5, 0.6) is 0 Å². The number of aromatic nitrogens is 5. The molecule has 1 saturated carbocycles. The smallest absolute Gasteiger partial charge is 0.253 e. The third kappa shape index (κ3) is 3.55. The molecule has 7 heteroatoms. The Morgan fingerprint density at radius 1 is 1.10 bits per heavy atom. The van der Waals surface area contributed by atoms with Crippen LogP contribution in [0.4, 0.5) is 0 Å². The molecule has 1 N–H and O–H groups in total. The number of H-pyrrole nitrogens is 1. The van der Waals surface area contributed by atoms with Crippen molar-refractivity contribution in [1.29, 1.82) is 0 Å². The molecule has 5 rings (SSSR count). The Labute approximate surface area is 176 Å². The summed E-state index contributed by atoms with van der Waals surface area (Å²) in [5.41, 5.74) is 2.87. The average Bonchev–Trinajstić information content (AvgIpc) is 3.48. The number of pyridine rings is 1. The second-order valence-electron chi connectivity index (χ2n) is 8.75. The summed E-state index contributed by atoms with van der Waals surface area (Å²) in [5.74, 6) is 0.820. The molecule has 7 nitrogen and oxygen atoms in total. The van der Waals surface area contributed by atoms with Gasteiger partial charge in [-0.15, -0.1) is 5.10 Å². The van der Waals surface area contributed by atoms with E-state index in [2.05, 4.69) is 50.5 Å². The zero-order valence-electron chi connectivity index (χ0n) is 17.7. The number of hydrogen-bond donors (Lipinski definition) is 1. The summed E-state index contributed by atoms with van der Waals surface area (Å²) in [6.45, 7) is 4.09. The molecule has 0 spiro atoms. The summed E-state index contributed by atoms with van der Waals surface area (Å²) < 4.78 is 2.02. The monoisotopic (exact) mass is 406 g/mol. The lowest BCUT2D eigenvalue weighted by atomic mass is 9.95. The molecule has 1 aromatic carbocycles. The SMILES string of the molecule is CCc1ccc2[nH]c(=O)c([C@H](c3nnnn3C3CCCCC3)N3CCCC3)cc2c1. The van der Waals surface area contributed by atoms with E-state index in [9.17, 15) is 4.79 Å². The predicted molar refractivity (Wildman–Crippen MR) is 117 cm³/mol. The molecule has 1 saturated heterocycles. The van der Waals surface area contributed by atoms with Crippen LogP contribution in [0, 0.1) is 0 Å². The minimum absolute atomic E-state index is 0.0400. The molecule has 30 heavy (non-hydrogen) atoms. The number of aromatic amines is 1. The van der Waals surface area contributed by atoms with E-state index in [0.717, 1.165) is 67.5 Å². The Hall–Kier alpha value is -2.54. The quantitative estimate of drug-likeness (QED) is 0.698. The van der Waals surface area contributed by atoms with Gasteiger partial charge in [0.05, 0.1) is 6.04 Å². The van der Waals surface area contributed by atoms with Gasteiger partial charge in [0.2, 0.25) is 0 Å². The Morgan fingerprint density at radius 2 is 1.90 bits per heavy atom. The summed E-state index contributed by atoms with van der Waals surface area (Å²) in [5, 5.41) is 14.0. The molecule has 1 aliphatic heterocycles. The lowest BCUT2D eigenvalue weighted by Gasteiger charge is -2.29. The molecule has 0 bridgehead atoms. The van der Waals surface area contributed by atoms with E-state index < -0.39 is 0 Å². The highest BCUT2D eigenvalue weighted by Crippen LogP contribution is 2.34. The topological polar surface area (TPSA) is 79.7 Å². The molecule has 3 aromatic rings. The third-order valence-electron chi connectivity index (χ3n) is 6.83. The Balaban J connectivity index is 1.63. The van der Waals surface area contributed by atoms with E-state index in [1.807, 2.05) is 10.7 Å². The van der Waals surface area contributed by atoms with Crippen molar-refractivity contribution in [3.05, 3.63) is 51.6 Å².